The number of hydrogen-bond donors (Lipinski definition) is 1. The molecule has 1 aliphatic rings. The van der Waals surface area contributed by atoms with E-state index >= 15 is 0 Å². The van der Waals surface area contributed by atoms with E-state index in [2.05, 4.69) is 34.4 Å². The molecule has 21 heavy (non-hydrogen) atoms. The van der Waals surface area contributed by atoms with Gasteiger partial charge in [0.2, 0.25) is 5.89 Å². The van der Waals surface area contributed by atoms with Crippen LogP contribution in [0.5, 0.6) is 0 Å². The van der Waals surface area contributed by atoms with Gasteiger partial charge in [0.25, 0.3) is 0 Å². The van der Waals surface area contributed by atoms with Crippen molar-refractivity contribution in [3.05, 3.63) is 47.1 Å². The third-order valence-corrected chi connectivity index (χ3v) is 4.35. The Bertz CT molecular complexity index is 606. The van der Waals surface area contributed by atoms with E-state index in [9.17, 15) is 5.11 Å². The smallest absolute Gasteiger partial charge is 0.229 e. The maximum atomic E-state index is 9.90. The van der Waals surface area contributed by atoms with Gasteiger partial charge in [-0.2, -0.15) is 4.98 Å². The molecular weight excluding hydrogens is 264 g/mol. The van der Waals surface area contributed by atoms with Gasteiger partial charge in [-0.25, -0.2) is 0 Å². The summed E-state index contributed by atoms with van der Waals surface area (Å²) in [4.78, 5) is 4.49. The first-order valence-electron chi connectivity index (χ1n) is 7.71. The molecule has 1 N–H and O–H groups in total. The monoisotopic (exact) mass is 286 g/mol. The zero-order valence-electron chi connectivity index (χ0n) is 12.6. The molecule has 1 aromatic carbocycles. The molecule has 1 aromatic heterocycles. The Hall–Kier alpha value is -1.68. The largest absolute Gasteiger partial charge is 0.392 e. The van der Waals surface area contributed by atoms with Crippen molar-refractivity contribution in [1.82, 2.24) is 10.1 Å². The van der Waals surface area contributed by atoms with E-state index in [1.54, 1.807) is 0 Å². The second kappa shape index (κ2) is 5.98. The van der Waals surface area contributed by atoms with Gasteiger partial charge in [-0.15, -0.1) is 0 Å². The molecule has 0 amide bonds. The molecule has 112 valence electrons. The van der Waals surface area contributed by atoms with Crippen LogP contribution in [-0.2, 0) is 19.3 Å². The highest BCUT2D eigenvalue weighted by molar-refractivity contribution is 5.31. The molecular formula is C17H22N2O2. The lowest BCUT2D eigenvalue weighted by molar-refractivity contribution is 0.116. The van der Waals surface area contributed by atoms with Crippen LogP contribution in [0, 0.1) is 5.92 Å². The van der Waals surface area contributed by atoms with E-state index in [1.807, 2.05) is 13.8 Å². The zero-order valence-corrected chi connectivity index (χ0v) is 12.6. The molecule has 0 aliphatic heterocycles. The van der Waals surface area contributed by atoms with Gasteiger partial charge >= 0.3 is 0 Å². The summed E-state index contributed by atoms with van der Waals surface area (Å²) >= 11 is 0. The number of aliphatic hydroxyl groups is 1. The number of hydrogen-bond acceptors (Lipinski definition) is 4. The molecule has 1 heterocycles. The summed E-state index contributed by atoms with van der Waals surface area (Å²) in [5.41, 5.74) is 2.83. The molecule has 1 aliphatic carbocycles. The van der Waals surface area contributed by atoms with Crippen LogP contribution >= 0.6 is 0 Å². The summed E-state index contributed by atoms with van der Waals surface area (Å²) in [5, 5.41) is 14.0. The molecule has 0 saturated carbocycles. The first kappa shape index (κ1) is 14.3. The first-order chi connectivity index (χ1) is 10.1. The second-order valence-electron chi connectivity index (χ2n) is 6.27. The summed E-state index contributed by atoms with van der Waals surface area (Å²) < 4.78 is 5.31. The fraction of sp³-hybridized carbons (Fsp3) is 0.529. The van der Waals surface area contributed by atoms with E-state index < -0.39 is 6.10 Å². The van der Waals surface area contributed by atoms with Crippen molar-refractivity contribution in [2.45, 2.75) is 51.6 Å². The predicted molar refractivity (Wildman–Crippen MR) is 80.1 cm³/mol. The zero-order chi connectivity index (χ0) is 14.8. The number of rotatable bonds is 4. The molecule has 0 fully saturated rings. The minimum absolute atomic E-state index is 0.196. The van der Waals surface area contributed by atoms with Gasteiger partial charge in [0.05, 0.1) is 12.5 Å². The third kappa shape index (κ3) is 3.16. The lowest BCUT2D eigenvalue weighted by atomic mass is 9.83. The van der Waals surface area contributed by atoms with Crippen LogP contribution in [0.25, 0.3) is 0 Å². The van der Waals surface area contributed by atoms with E-state index in [1.165, 1.54) is 11.1 Å². The Morgan fingerprint density at radius 2 is 2.05 bits per heavy atom. The van der Waals surface area contributed by atoms with Crippen molar-refractivity contribution < 1.29 is 9.63 Å². The topological polar surface area (TPSA) is 59.2 Å². The Morgan fingerprint density at radius 3 is 2.81 bits per heavy atom. The van der Waals surface area contributed by atoms with Gasteiger partial charge in [0.1, 0.15) is 0 Å². The van der Waals surface area contributed by atoms with Crippen LogP contribution in [0.4, 0.5) is 0 Å². The minimum atomic E-state index is -0.426. The fourth-order valence-corrected chi connectivity index (χ4v) is 2.85. The van der Waals surface area contributed by atoms with Gasteiger partial charge in [-0.05, 0) is 36.3 Å². The van der Waals surface area contributed by atoms with Crippen molar-refractivity contribution in [1.29, 1.82) is 0 Å². The second-order valence-corrected chi connectivity index (χ2v) is 6.27. The summed E-state index contributed by atoms with van der Waals surface area (Å²) in [7, 11) is 0. The molecule has 4 heteroatoms. The molecule has 0 bridgehead atoms. The Labute approximate surface area is 125 Å². The maximum Gasteiger partial charge on any atom is 0.229 e. The van der Waals surface area contributed by atoms with Gasteiger partial charge in [-0.3, -0.25) is 0 Å². The van der Waals surface area contributed by atoms with Crippen LogP contribution < -0.4 is 0 Å². The predicted octanol–water partition coefficient (Wildman–Crippen LogP) is 2.90. The van der Waals surface area contributed by atoms with Crippen LogP contribution in [0.1, 0.15) is 49.0 Å². The van der Waals surface area contributed by atoms with E-state index in [4.69, 9.17) is 4.52 Å². The summed E-state index contributed by atoms with van der Waals surface area (Å²) in [5.74, 6) is 1.86. The molecule has 0 spiro atoms. The number of benzene rings is 1. The molecule has 3 rings (SSSR count). The van der Waals surface area contributed by atoms with Crippen LogP contribution in [-0.4, -0.2) is 21.4 Å². The fourth-order valence-electron chi connectivity index (χ4n) is 2.85. The van der Waals surface area contributed by atoms with Crippen molar-refractivity contribution in [2.75, 3.05) is 0 Å². The highest BCUT2D eigenvalue weighted by Gasteiger charge is 2.24. The van der Waals surface area contributed by atoms with Gasteiger partial charge < -0.3 is 9.63 Å². The number of aromatic nitrogens is 2. The summed E-state index contributed by atoms with van der Waals surface area (Å²) in [6.45, 7) is 3.97. The SMILES string of the molecule is CC(C)C(O)Cc1nc(C2CCc3ccccc3C2)no1. The Balaban J connectivity index is 1.70. The summed E-state index contributed by atoms with van der Waals surface area (Å²) in [6.07, 6.45) is 3.11. The maximum absolute atomic E-state index is 9.90. The van der Waals surface area contributed by atoms with Crippen molar-refractivity contribution in [3.8, 4) is 0 Å². The van der Waals surface area contributed by atoms with E-state index in [-0.39, 0.29) is 5.92 Å². The van der Waals surface area contributed by atoms with Crippen LogP contribution in [0.2, 0.25) is 0 Å². The Kier molecular flexibility index (Phi) is 4.06. The van der Waals surface area contributed by atoms with E-state index in [0.717, 1.165) is 25.1 Å². The highest BCUT2D eigenvalue weighted by Crippen LogP contribution is 2.31. The van der Waals surface area contributed by atoms with Gasteiger partial charge in [-0.1, -0.05) is 43.3 Å². The molecule has 2 atom stereocenters. The van der Waals surface area contributed by atoms with E-state index in [0.29, 0.717) is 18.2 Å². The lowest BCUT2D eigenvalue weighted by Gasteiger charge is -2.21. The average molecular weight is 286 g/mol. The number of aliphatic hydroxyl groups excluding tert-OH is 1. The number of aryl methyl sites for hydroxylation is 1. The average Bonchev–Trinajstić information content (AvgIpc) is 2.95. The summed E-state index contributed by atoms with van der Waals surface area (Å²) in [6, 6.07) is 8.57. The van der Waals surface area contributed by atoms with Crippen molar-refractivity contribution in [3.63, 3.8) is 0 Å². The van der Waals surface area contributed by atoms with Gasteiger partial charge in [0.15, 0.2) is 5.82 Å². The first-order valence-corrected chi connectivity index (χ1v) is 7.71. The standard InChI is InChI=1S/C17H22N2O2/c1-11(2)15(20)10-16-18-17(19-21-16)14-8-7-12-5-3-4-6-13(12)9-14/h3-6,11,14-15,20H,7-10H2,1-2H3. The Morgan fingerprint density at radius 1 is 1.29 bits per heavy atom. The molecule has 2 unspecified atom stereocenters. The molecule has 0 saturated heterocycles. The van der Waals surface area contributed by atoms with Crippen molar-refractivity contribution >= 4 is 0 Å². The van der Waals surface area contributed by atoms with Crippen LogP contribution in [0.3, 0.4) is 0 Å². The number of nitrogens with zero attached hydrogens (tertiary/aromatic N) is 2. The van der Waals surface area contributed by atoms with Crippen molar-refractivity contribution in [2.24, 2.45) is 5.92 Å². The quantitative estimate of drug-likeness (QED) is 0.939. The third-order valence-electron chi connectivity index (χ3n) is 4.35. The molecule has 2 aromatic rings. The number of fused-ring (bicyclic) bond motifs is 1. The molecule has 0 radical (unpaired) electrons. The molecule has 4 nitrogen and oxygen atoms in total. The highest BCUT2D eigenvalue weighted by atomic mass is 16.5. The normalized spacial score (nSPS) is 19.5. The van der Waals surface area contributed by atoms with Gasteiger partial charge in [0, 0.05) is 5.92 Å². The lowest BCUT2D eigenvalue weighted by Crippen LogP contribution is -2.18. The minimum Gasteiger partial charge on any atom is -0.392 e. The van der Waals surface area contributed by atoms with Crippen LogP contribution in [0.15, 0.2) is 28.8 Å².